The molecular formula is C19H14F3N3O. The average Bonchev–Trinajstić information content (AvgIpc) is 3.39. The lowest BCUT2D eigenvalue weighted by molar-refractivity contribution is -0.117. The van der Waals surface area contributed by atoms with Crippen molar-refractivity contribution in [1.82, 2.24) is 10.2 Å². The van der Waals surface area contributed by atoms with Gasteiger partial charge in [0, 0.05) is 17.4 Å². The number of aromatic amines is 1. The van der Waals surface area contributed by atoms with Crippen LogP contribution in [0.5, 0.6) is 0 Å². The Morgan fingerprint density at radius 1 is 1.08 bits per heavy atom. The zero-order valence-electron chi connectivity index (χ0n) is 13.5. The van der Waals surface area contributed by atoms with E-state index in [-0.39, 0.29) is 17.5 Å². The van der Waals surface area contributed by atoms with Gasteiger partial charge >= 0.3 is 0 Å². The lowest BCUT2D eigenvalue weighted by Gasteiger charge is -2.06. The highest BCUT2D eigenvalue weighted by Crippen LogP contribution is 2.32. The van der Waals surface area contributed by atoms with Crippen LogP contribution in [0.15, 0.2) is 30.3 Å². The Balaban J connectivity index is 1.65. The fourth-order valence-electron chi connectivity index (χ4n) is 2.65. The van der Waals surface area contributed by atoms with Gasteiger partial charge in [0.05, 0.1) is 16.9 Å². The maximum Gasteiger partial charge on any atom is 0.227 e. The number of hydrogen-bond donors (Lipinski definition) is 2. The highest BCUT2D eigenvalue weighted by molar-refractivity contribution is 5.98. The van der Waals surface area contributed by atoms with Crippen molar-refractivity contribution in [3.05, 3.63) is 59.0 Å². The number of carbonyl (C=O) groups is 1. The van der Waals surface area contributed by atoms with Crippen molar-refractivity contribution in [3.8, 4) is 0 Å². The molecule has 0 spiro atoms. The van der Waals surface area contributed by atoms with E-state index in [9.17, 15) is 18.0 Å². The van der Waals surface area contributed by atoms with Crippen molar-refractivity contribution < 1.29 is 18.0 Å². The lowest BCUT2D eigenvalue weighted by Crippen LogP contribution is -2.14. The Morgan fingerprint density at radius 2 is 1.88 bits per heavy atom. The second-order valence-corrected chi connectivity index (χ2v) is 6.26. The number of benzene rings is 2. The van der Waals surface area contributed by atoms with Crippen molar-refractivity contribution in [1.29, 1.82) is 0 Å². The molecule has 0 bridgehead atoms. The summed E-state index contributed by atoms with van der Waals surface area (Å²) in [5.74, 6) is -2.64. The number of anilines is 1. The predicted molar refractivity (Wildman–Crippen MR) is 92.7 cm³/mol. The van der Waals surface area contributed by atoms with Crippen LogP contribution < -0.4 is 5.32 Å². The summed E-state index contributed by atoms with van der Waals surface area (Å²) in [6.45, 7) is 0. The van der Waals surface area contributed by atoms with E-state index >= 15 is 0 Å². The molecule has 4 nitrogen and oxygen atoms in total. The van der Waals surface area contributed by atoms with Gasteiger partial charge in [0.2, 0.25) is 5.91 Å². The number of carbonyl (C=O) groups excluding carboxylic acids is 1. The molecule has 0 radical (unpaired) electrons. The Hall–Kier alpha value is -3.09. The number of hydrogen-bond acceptors (Lipinski definition) is 2. The summed E-state index contributed by atoms with van der Waals surface area (Å²) in [6.07, 6.45) is 4.83. The maximum absolute atomic E-state index is 14.1. The van der Waals surface area contributed by atoms with E-state index in [0.29, 0.717) is 22.2 Å². The first-order valence-corrected chi connectivity index (χ1v) is 8.13. The molecule has 2 N–H and O–H groups in total. The van der Waals surface area contributed by atoms with E-state index in [2.05, 4.69) is 15.5 Å². The molecule has 1 heterocycles. The van der Waals surface area contributed by atoms with E-state index in [4.69, 9.17) is 0 Å². The van der Waals surface area contributed by atoms with Gasteiger partial charge in [-0.15, -0.1) is 0 Å². The van der Waals surface area contributed by atoms with E-state index in [0.717, 1.165) is 25.0 Å². The molecule has 0 unspecified atom stereocenters. The molecule has 1 aliphatic rings. The van der Waals surface area contributed by atoms with Gasteiger partial charge in [0.15, 0.2) is 11.6 Å². The van der Waals surface area contributed by atoms with Crippen molar-refractivity contribution in [2.24, 2.45) is 5.92 Å². The third-order valence-electron chi connectivity index (χ3n) is 4.26. The van der Waals surface area contributed by atoms with Crippen molar-refractivity contribution in [2.45, 2.75) is 12.8 Å². The highest BCUT2D eigenvalue weighted by Gasteiger charge is 2.30. The van der Waals surface area contributed by atoms with Gasteiger partial charge in [-0.05, 0) is 42.7 Å². The normalized spacial score (nSPS) is 14.3. The zero-order chi connectivity index (χ0) is 18.3. The molecule has 3 aromatic rings. The molecule has 2 aromatic carbocycles. The molecule has 1 aromatic heterocycles. The van der Waals surface area contributed by atoms with Crippen molar-refractivity contribution in [2.75, 3.05) is 5.32 Å². The number of nitrogens with zero attached hydrogens (tertiary/aromatic N) is 1. The number of halogens is 3. The zero-order valence-corrected chi connectivity index (χ0v) is 13.5. The van der Waals surface area contributed by atoms with Gasteiger partial charge in [0.1, 0.15) is 5.82 Å². The second-order valence-electron chi connectivity index (χ2n) is 6.26. The summed E-state index contributed by atoms with van der Waals surface area (Å²) in [7, 11) is 0. The Bertz CT molecular complexity index is 1040. The van der Waals surface area contributed by atoms with Gasteiger partial charge in [-0.3, -0.25) is 9.89 Å². The molecule has 1 aliphatic carbocycles. The molecule has 0 aliphatic heterocycles. The van der Waals surface area contributed by atoms with Crippen LogP contribution in [-0.2, 0) is 4.79 Å². The molecule has 0 atom stereocenters. The third-order valence-corrected chi connectivity index (χ3v) is 4.26. The van der Waals surface area contributed by atoms with Crippen LogP contribution in [0.4, 0.5) is 18.9 Å². The highest BCUT2D eigenvalue weighted by atomic mass is 19.2. The van der Waals surface area contributed by atoms with Crippen molar-refractivity contribution >= 4 is 34.6 Å². The molecule has 7 heteroatoms. The minimum atomic E-state index is -0.939. The summed E-state index contributed by atoms with van der Waals surface area (Å²) in [5.41, 5.74) is 1.52. The smallest absolute Gasteiger partial charge is 0.227 e. The number of fused-ring (bicyclic) bond motifs is 1. The number of amides is 1. The summed E-state index contributed by atoms with van der Waals surface area (Å²) >= 11 is 0. The van der Waals surface area contributed by atoms with Gasteiger partial charge in [-0.2, -0.15) is 5.10 Å². The first-order valence-electron chi connectivity index (χ1n) is 8.13. The molecule has 1 amide bonds. The van der Waals surface area contributed by atoms with Crippen LogP contribution in [0, 0.1) is 23.4 Å². The quantitative estimate of drug-likeness (QED) is 0.722. The summed E-state index contributed by atoms with van der Waals surface area (Å²) in [6, 6.07) is 6.32. The van der Waals surface area contributed by atoms with Crippen LogP contribution in [0.25, 0.3) is 23.1 Å². The van der Waals surface area contributed by atoms with E-state index in [1.165, 1.54) is 18.2 Å². The molecular weight excluding hydrogens is 343 g/mol. The van der Waals surface area contributed by atoms with Gasteiger partial charge in [0.25, 0.3) is 0 Å². The number of H-pyrrole nitrogens is 1. The first-order chi connectivity index (χ1) is 12.5. The van der Waals surface area contributed by atoms with Gasteiger partial charge < -0.3 is 5.32 Å². The molecule has 0 saturated heterocycles. The molecule has 4 rings (SSSR count). The summed E-state index contributed by atoms with van der Waals surface area (Å²) in [5, 5.41) is 10.0. The minimum Gasteiger partial charge on any atom is -0.323 e. The molecule has 1 saturated carbocycles. The van der Waals surface area contributed by atoms with E-state index in [1.54, 1.807) is 12.2 Å². The Morgan fingerprint density at radius 3 is 2.62 bits per heavy atom. The largest absolute Gasteiger partial charge is 0.323 e. The van der Waals surface area contributed by atoms with Crippen LogP contribution in [0.3, 0.4) is 0 Å². The van der Waals surface area contributed by atoms with Crippen molar-refractivity contribution in [3.63, 3.8) is 0 Å². The standard InChI is InChI=1S/C19H14F3N3O/c20-13-5-1-10(7-14(13)21)2-6-16-12-8-18(23-19(26)11-3-4-11)15(22)9-17(12)25-24-16/h1-2,5-9,11H,3-4H2,(H,23,26)(H,24,25)/b6-2+. The van der Waals surface area contributed by atoms with Crippen LogP contribution in [-0.4, -0.2) is 16.1 Å². The van der Waals surface area contributed by atoms with E-state index in [1.807, 2.05) is 0 Å². The molecule has 1 fully saturated rings. The fraction of sp³-hybridized carbons (Fsp3) is 0.158. The minimum absolute atomic E-state index is 0.0396. The molecule has 26 heavy (non-hydrogen) atoms. The summed E-state index contributed by atoms with van der Waals surface area (Å²) < 4.78 is 40.4. The number of aromatic nitrogens is 2. The second kappa shape index (κ2) is 6.33. The lowest BCUT2D eigenvalue weighted by atomic mass is 10.1. The number of rotatable bonds is 4. The van der Waals surface area contributed by atoms with Gasteiger partial charge in [-0.25, -0.2) is 13.2 Å². The average molecular weight is 357 g/mol. The number of nitrogens with one attached hydrogen (secondary N) is 2. The maximum atomic E-state index is 14.1. The fourth-order valence-corrected chi connectivity index (χ4v) is 2.65. The van der Waals surface area contributed by atoms with Crippen LogP contribution in [0.2, 0.25) is 0 Å². The molecule has 132 valence electrons. The predicted octanol–water partition coefficient (Wildman–Crippen LogP) is 4.50. The van der Waals surface area contributed by atoms with Crippen LogP contribution >= 0.6 is 0 Å². The monoisotopic (exact) mass is 357 g/mol. The third kappa shape index (κ3) is 3.20. The van der Waals surface area contributed by atoms with Gasteiger partial charge in [-0.1, -0.05) is 12.1 Å². The Labute approximate surface area is 146 Å². The topological polar surface area (TPSA) is 57.8 Å². The SMILES string of the molecule is O=C(Nc1cc2c(/C=C/c3ccc(F)c(F)c3)n[nH]c2cc1F)C1CC1. The van der Waals surface area contributed by atoms with E-state index < -0.39 is 17.5 Å². The Kier molecular flexibility index (Phi) is 3.99. The first kappa shape index (κ1) is 16.4. The summed E-state index contributed by atoms with van der Waals surface area (Å²) in [4.78, 5) is 11.9. The van der Waals surface area contributed by atoms with Crippen LogP contribution in [0.1, 0.15) is 24.1 Å².